The predicted molar refractivity (Wildman–Crippen MR) is 44.5 cm³/mol. The molecule has 0 fully saturated rings. The first-order valence-corrected chi connectivity index (χ1v) is 4.22. The topological polar surface area (TPSA) is 52.3 Å². The summed E-state index contributed by atoms with van der Waals surface area (Å²) in [4.78, 5) is 10.7. The van der Waals surface area contributed by atoms with Gasteiger partial charge >= 0.3 is 12.1 Å². The Labute approximate surface area is 80.4 Å². The van der Waals surface area contributed by atoms with E-state index in [1.165, 1.54) is 7.11 Å². The molecule has 1 atom stereocenters. The second-order valence-electron chi connectivity index (χ2n) is 3.04. The van der Waals surface area contributed by atoms with Crippen molar-refractivity contribution in [3.8, 4) is 0 Å². The number of ether oxygens (including phenoxy) is 1. The molecule has 3 nitrogen and oxygen atoms in total. The van der Waals surface area contributed by atoms with Crippen LogP contribution in [0, 0.1) is 5.92 Å². The highest BCUT2D eigenvalue weighted by Crippen LogP contribution is 2.26. The molecular weight excluding hydrogens is 199 g/mol. The van der Waals surface area contributed by atoms with Gasteiger partial charge in [0.1, 0.15) is 0 Å². The van der Waals surface area contributed by atoms with Crippen LogP contribution in [0.2, 0.25) is 0 Å². The van der Waals surface area contributed by atoms with Crippen molar-refractivity contribution in [2.45, 2.75) is 25.4 Å². The molecule has 1 unspecified atom stereocenters. The zero-order valence-electron chi connectivity index (χ0n) is 7.93. The van der Waals surface area contributed by atoms with E-state index in [0.717, 1.165) is 0 Å². The molecule has 0 saturated carbocycles. The Morgan fingerprint density at radius 1 is 1.50 bits per heavy atom. The second kappa shape index (κ2) is 5.85. The standard InChI is InChI=1S/C8H14F3NO2/c1-14-7(13)3-2-6(5-12)4-8(9,10)11/h6H,2-5,12H2,1H3. The Morgan fingerprint density at radius 2 is 2.07 bits per heavy atom. The number of methoxy groups -OCH3 is 1. The van der Waals surface area contributed by atoms with E-state index in [1.807, 2.05) is 0 Å². The average molecular weight is 213 g/mol. The first-order valence-electron chi connectivity index (χ1n) is 4.22. The maximum Gasteiger partial charge on any atom is 0.389 e. The molecule has 0 aliphatic rings. The van der Waals surface area contributed by atoms with E-state index >= 15 is 0 Å². The maximum absolute atomic E-state index is 11.9. The van der Waals surface area contributed by atoms with E-state index in [2.05, 4.69) is 4.74 Å². The number of esters is 1. The quantitative estimate of drug-likeness (QED) is 0.703. The summed E-state index contributed by atoms with van der Waals surface area (Å²) in [7, 11) is 1.20. The smallest absolute Gasteiger partial charge is 0.389 e. The molecule has 0 rings (SSSR count). The van der Waals surface area contributed by atoms with E-state index in [4.69, 9.17) is 5.73 Å². The van der Waals surface area contributed by atoms with Crippen LogP contribution in [-0.4, -0.2) is 25.8 Å². The van der Waals surface area contributed by atoms with Crippen LogP contribution in [0.4, 0.5) is 13.2 Å². The van der Waals surface area contributed by atoms with Crippen molar-refractivity contribution in [2.24, 2.45) is 11.7 Å². The van der Waals surface area contributed by atoms with Gasteiger partial charge in [0.15, 0.2) is 0 Å². The van der Waals surface area contributed by atoms with Gasteiger partial charge in [0.2, 0.25) is 0 Å². The third-order valence-electron chi connectivity index (χ3n) is 1.84. The van der Waals surface area contributed by atoms with Crippen LogP contribution in [-0.2, 0) is 9.53 Å². The highest BCUT2D eigenvalue weighted by Gasteiger charge is 2.31. The van der Waals surface area contributed by atoms with Crippen molar-refractivity contribution >= 4 is 5.97 Å². The number of carbonyl (C=O) groups is 1. The normalized spacial score (nSPS) is 13.8. The van der Waals surface area contributed by atoms with Crippen LogP contribution in [0.3, 0.4) is 0 Å². The average Bonchev–Trinajstić information content (AvgIpc) is 2.09. The first-order chi connectivity index (χ1) is 6.39. The molecule has 0 aromatic heterocycles. The monoisotopic (exact) mass is 213 g/mol. The minimum absolute atomic E-state index is 0.0194. The Morgan fingerprint density at radius 3 is 2.43 bits per heavy atom. The summed E-state index contributed by atoms with van der Waals surface area (Å²) in [5.41, 5.74) is 5.16. The molecule has 0 aliphatic carbocycles. The Balaban J connectivity index is 3.86. The first kappa shape index (κ1) is 13.2. The number of halogens is 3. The van der Waals surface area contributed by atoms with E-state index in [9.17, 15) is 18.0 Å². The van der Waals surface area contributed by atoms with Crippen molar-refractivity contribution in [1.29, 1.82) is 0 Å². The van der Waals surface area contributed by atoms with Crippen molar-refractivity contribution < 1.29 is 22.7 Å². The van der Waals surface area contributed by atoms with Crippen LogP contribution in [0.5, 0.6) is 0 Å². The summed E-state index contributed by atoms with van der Waals surface area (Å²) in [6.45, 7) is -0.0729. The lowest BCUT2D eigenvalue weighted by Crippen LogP contribution is -2.23. The van der Waals surface area contributed by atoms with Crippen LogP contribution in [0.15, 0.2) is 0 Å². The van der Waals surface area contributed by atoms with E-state index in [0.29, 0.717) is 0 Å². The molecule has 14 heavy (non-hydrogen) atoms. The van der Waals surface area contributed by atoms with Gasteiger partial charge < -0.3 is 10.5 Å². The number of hydrogen-bond acceptors (Lipinski definition) is 3. The van der Waals surface area contributed by atoms with Gasteiger partial charge in [0, 0.05) is 12.8 Å². The fourth-order valence-corrected chi connectivity index (χ4v) is 1.05. The fraction of sp³-hybridized carbons (Fsp3) is 0.875. The summed E-state index contributed by atoms with van der Waals surface area (Å²) in [6, 6.07) is 0. The minimum Gasteiger partial charge on any atom is -0.469 e. The van der Waals surface area contributed by atoms with E-state index < -0.39 is 24.5 Å². The largest absolute Gasteiger partial charge is 0.469 e. The van der Waals surface area contributed by atoms with Crippen LogP contribution >= 0.6 is 0 Å². The fourth-order valence-electron chi connectivity index (χ4n) is 1.05. The number of carbonyl (C=O) groups excluding carboxylic acids is 1. The molecule has 0 amide bonds. The second-order valence-corrected chi connectivity index (χ2v) is 3.04. The molecule has 0 saturated heterocycles. The molecule has 0 aliphatic heterocycles. The zero-order valence-corrected chi connectivity index (χ0v) is 7.93. The Bertz CT molecular complexity index is 182. The minimum atomic E-state index is -4.22. The highest BCUT2D eigenvalue weighted by molar-refractivity contribution is 5.69. The van der Waals surface area contributed by atoms with Crippen LogP contribution < -0.4 is 5.73 Å². The van der Waals surface area contributed by atoms with Gasteiger partial charge in [-0.25, -0.2) is 0 Å². The van der Waals surface area contributed by atoms with Crippen molar-refractivity contribution in [3.63, 3.8) is 0 Å². The lowest BCUT2D eigenvalue weighted by Gasteiger charge is -2.15. The number of alkyl halides is 3. The third kappa shape index (κ3) is 6.71. The van der Waals surface area contributed by atoms with Gasteiger partial charge in [-0.3, -0.25) is 4.79 Å². The van der Waals surface area contributed by atoms with E-state index in [-0.39, 0.29) is 19.4 Å². The summed E-state index contributed by atoms with van der Waals surface area (Å²) in [5.74, 6) is -1.21. The molecule has 0 aromatic carbocycles. The van der Waals surface area contributed by atoms with Gasteiger partial charge in [0.05, 0.1) is 7.11 Å². The predicted octanol–water partition coefficient (Wildman–Crippen LogP) is 1.47. The molecule has 84 valence electrons. The van der Waals surface area contributed by atoms with Crippen molar-refractivity contribution in [3.05, 3.63) is 0 Å². The molecular formula is C8H14F3NO2. The molecule has 0 spiro atoms. The number of rotatable bonds is 5. The lowest BCUT2D eigenvalue weighted by atomic mass is 9.99. The van der Waals surface area contributed by atoms with Crippen molar-refractivity contribution in [1.82, 2.24) is 0 Å². The maximum atomic E-state index is 11.9. The number of nitrogens with two attached hydrogens (primary N) is 1. The van der Waals surface area contributed by atoms with Gasteiger partial charge in [0.25, 0.3) is 0 Å². The Hall–Kier alpha value is -0.780. The van der Waals surface area contributed by atoms with Crippen molar-refractivity contribution in [2.75, 3.05) is 13.7 Å². The van der Waals surface area contributed by atoms with Gasteiger partial charge in [-0.05, 0) is 18.9 Å². The van der Waals surface area contributed by atoms with E-state index in [1.54, 1.807) is 0 Å². The molecule has 0 radical (unpaired) electrons. The highest BCUT2D eigenvalue weighted by atomic mass is 19.4. The number of hydrogen-bond donors (Lipinski definition) is 1. The summed E-state index contributed by atoms with van der Waals surface area (Å²) >= 11 is 0. The lowest BCUT2D eigenvalue weighted by molar-refractivity contribution is -0.148. The summed E-state index contributed by atoms with van der Waals surface area (Å²) in [5, 5.41) is 0. The molecule has 0 aromatic rings. The zero-order chi connectivity index (χ0) is 11.2. The van der Waals surface area contributed by atoms with Crippen LogP contribution in [0.25, 0.3) is 0 Å². The molecule has 2 N–H and O–H groups in total. The SMILES string of the molecule is COC(=O)CCC(CN)CC(F)(F)F. The summed E-state index contributed by atoms with van der Waals surface area (Å²) in [6.07, 6.45) is -5.07. The third-order valence-corrected chi connectivity index (χ3v) is 1.84. The molecule has 0 bridgehead atoms. The van der Waals surface area contributed by atoms with Crippen LogP contribution in [0.1, 0.15) is 19.3 Å². The van der Waals surface area contributed by atoms with Gasteiger partial charge in [-0.2, -0.15) is 13.2 Å². The van der Waals surface area contributed by atoms with Gasteiger partial charge in [-0.1, -0.05) is 0 Å². The molecule has 0 heterocycles. The Kier molecular flexibility index (Phi) is 5.52. The molecule has 6 heteroatoms. The van der Waals surface area contributed by atoms with Gasteiger partial charge in [-0.15, -0.1) is 0 Å². The summed E-state index contributed by atoms with van der Waals surface area (Å²) < 4.78 is 40.1.